The molecule has 0 aliphatic heterocycles. The number of aromatic nitrogens is 3. The molecule has 2 rings (SSSR count). The molecule has 2 N–H and O–H groups in total. The summed E-state index contributed by atoms with van der Waals surface area (Å²) in [7, 11) is 3.29. The SMILES string of the molecule is CNc1nc(NC(C)c2cc(C)sc2C)nc(OC)n1. The van der Waals surface area contributed by atoms with Crippen molar-refractivity contribution in [3.63, 3.8) is 0 Å². The van der Waals surface area contributed by atoms with Crippen molar-refractivity contribution in [2.45, 2.75) is 26.8 Å². The van der Waals surface area contributed by atoms with Gasteiger partial charge in [-0.2, -0.15) is 15.0 Å². The van der Waals surface area contributed by atoms with E-state index in [1.807, 2.05) is 0 Å². The van der Waals surface area contributed by atoms with Crippen molar-refractivity contribution in [3.8, 4) is 6.01 Å². The zero-order valence-corrected chi connectivity index (χ0v) is 13.1. The van der Waals surface area contributed by atoms with Crippen molar-refractivity contribution in [2.24, 2.45) is 0 Å². The summed E-state index contributed by atoms with van der Waals surface area (Å²) in [6, 6.07) is 2.60. The van der Waals surface area contributed by atoms with Crippen LogP contribution in [0.15, 0.2) is 6.07 Å². The van der Waals surface area contributed by atoms with Gasteiger partial charge >= 0.3 is 6.01 Å². The first-order valence-corrected chi connectivity index (χ1v) is 7.16. The van der Waals surface area contributed by atoms with Gasteiger partial charge in [0.15, 0.2) is 0 Å². The highest BCUT2D eigenvalue weighted by Gasteiger charge is 2.14. The molecule has 2 aromatic rings. The number of nitrogens with one attached hydrogen (secondary N) is 2. The van der Waals surface area contributed by atoms with Crippen LogP contribution in [0.3, 0.4) is 0 Å². The Balaban J connectivity index is 2.22. The number of hydrogen-bond donors (Lipinski definition) is 2. The third kappa shape index (κ3) is 3.16. The van der Waals surface area contributed by atoms with E-state index >= 15 is 0 Å². The molecule has 0 aliphatic rings. The van der Waals surface area contributed by atoms with E-state index in [2.05, 4.69) is 52.4 Å². The average Bonchev–Trinajstić information content (AvgIpc) is 2.77. The number of aryl methyl sites for hydroxylation is 2. The number of nitrogens with zero attached hydrogens (tertiary/aromatic N) is 3. The highest BCUT2D eigenvalue weighted by atomic mass is 32.1. The first kappa shape index (κ1) is 14.5. The molecule has 0 radical (unpaired) electrons. The zero-order chi connectivity index (χ0) is 14.7. The Kier molecular flexibility index (Phi) is 4.39. The molecule has 0 aliphatic carbocycles. The maximum Gasteiger partial charge on any atom is 0.322 e. The molecule has 7 heteroatoms. The third-order valence-corrected chi connectivity index (χ3v) is 3.89. The summed E-state index contributed by atoms with van der Waals surface area (Å²) < 4.78 is 5.07. The van der Waals surface area contributed by atoms with Crippen LogP contribution in [0.25, 0.3) is 0 Å². The van der Waals surface area contributed by atoms with Crippen molar-refractivity contribution in [1.29, 1.82) is 0 Å². The van der Waals surface area contributed by atoms with Gasteiger partial charge in [0.2, 0.25) is 11.9 Å². The minimum absolute atomic E-state index is 0.122. The molecule has 20 heavy (non-hydrogen) atoms. The molecule has 1 atom stereocenters. The van der Waals surface area contributed by atoms with Crippen molar-refractivity contribution >= 4 is 23.2 Å². The van der Waals surface area contributed by atoms with Gasteiger partial charge in [0, 0.05) is 16.8 Å². The molecule has 0 spiro atoms. The molecule has 0 aromatic carbocycles. The van der Waals surface area contributed by atoms with Crippen LogP contribution in [-0.4, -0.2) is 29.1 Å². The number of anilines is 2. The minimum atomic E-state index is 0.122. The second kappa shape index (κ2) is 6.04. The van der Waals surface area contributed by atoms with Gasteiger partial charge in [-0.15, -0.1) is 11.3 Å². The summed E-state index contributed by atoms with van der Waals surface area (Å²) in [4.78, 5) is 15.2. The van der Waals surface area contributed by atoms with Gasteiger partial charge in [-0.1, -0.05) is 0 Å². The molecule has 108 valence electrons. The summed E-state index contributed by atoms with van der Waals surface area (Å²) >= 11 is 1.79. The monoisotopic (exact) mass is 293 g/mol. The van der Waals surface area contributed by atoms with Crippen LogP contribution in [0, 0.1) is 13.8 Å². The van der Waals surface area contributed by atoms with E-state index in [4.69, 9.17) is 4.74 Å². The maximum atomic E-state index is 5.07. The second-order valence-electron chi connectivity index (χ2n) is 4.45. The Hall–Kier alpha value is -1.89. The molecule has 0 saturated heterocycles. The number of methoxy groups -OCH3 is 1. The highest BCUT2D eigenvalue weighted by molar-refractivity contribution is 7.12. The fraction of sp³-hybridized carbons (Fsp3) is 0.462. The van der Waals surface area contributed by atoms with Gasteiger partial charge < -0.3 is 15.4 Å². The van der Waals surface area contributed by atoms with E-state index in [1.54, 1.807) is 18.4 Å². The van der Waals surface area contributed by atoms with Gasteiger partial charge in [0.25, 0.3) is 0 Å². The van der Waals surface area contributed by atoms with Crippen LogP contribution in [0.4, 0.5) is 11.9 Å². The Labute approximate surface area is 122 Å². The number of hydrogen-bond acceptors (Lipinski definition) is 7. The van der Waals surface area contributed by atoms with Crippen LogP contribution in [0.5, 0.6) is 6.01 Å². The van der Waals surface area contributed by atoms with Gasteiger partial charge in [-0.3, -0.25) is 0 Å². The predicted octanol–water partition coefficient (Wildman–Crippen LogP) is 2.77. The number of ether oxygens (including phenoxy) is 1. The number of thiophene rings is 1. The highest BCUT2D eigenvalue weighted by Crippen LogP contribution is 2.28. The molecule has 0 bridgehead atoms. The summed E-state index contributed by atoms with van der Waals surface area (Å²) in [5.41, 5.74) is 1.26. The standard InChI is InChI=1S/C13H19N5OS/c1-7-6-10(9(3)20-7)8(2)15-12-16-11(14-4)17-13(18-12)19-5/h6,8H,1-5H3,(H2,14,15,16,17,18). The fourth-order valence-electron chi connectivity index (χ4n) is 1.98. The third-order valence-electron chi connectivity index (χ3n) is 2.91. The molecule has 0 saturated carbocycles. The normalized spacial score (nSPS) is 12.1. The topological polar surface area (TPSA) is 72.0 Å². The summed E-state index contributed by atoms with van der Waals surface area (Å²) in [5, 5.41) is 6.18. The predicted molar refractivity (Wildman–Crippen MR) is 81.8 cm³/mol. The molecular formula is C13H19N5OS. The van der Waals surface area contributed by atoms with E-state index in [0.29, 0.717) is 11.9 Å². The quantitative estimate of drug-likeness (QED) is 0.883. The summed E-state index contributed by atoms with van der Waals surface area (Å²) in [6.07, 6.45) is 0. The zero-order valence-electron chi connectivity index (χ0n) is 12.3. The van der Waals surface area contributed by atoms with Gasteiger partial charge in [-0.25, -0.2) is 0 Å². The van der Waals surface area contributed by atoms with Crippen LogP contribution in [0.2, 0.25) is 0 Å². The van der Waals surface area contributed by atoms with Crippen LogP contribution < -0.4 is 15.4 Å². The van der Waals surface area contributed by atoms with Gasteiger partial charge in [0.05, 0.1) is 13.2 Å². The largest absolute Gasteiger partial charge is 0.467 e. The fourth-order valence-corrected chi connectivity index (χ4v) is 3.00. The van der Waals surface area contributed by atoms with Crippen LogP contribution >= 0.6 is 11.3 Å². The lowest BCUT2D eigenvalue weighted by molar-refractivity contribution is 0.379. The maximum absolute atomic E-state index is 5.07. The van der Waals surface area contributed by atoms with E-state index < -0.39 is 0 Å². The smallest absolute Gasteiger partial charge is 0.322 e. The first-order valence-electron chi connectivity index (χ1n) is 6.34. The molecular weight excluding hydrogens is 274 g/mol. The molecule has 2 aromatic heterocycles. The van der Waals surface area contributed by atoms with E-state index in [9.17, 15) is 0 Å². The van der Waals surface area contributed by atoms with Gasteiger partial charge in [-0.05, 0) is 32.4 Å². The van der Waals surface area contributed by atoms with E-state index in [-0.39, 0.29) is 12.1 Å². The molecule has 6 nitrogen and oxygen atoms in total. The Morgan fingerprint density at radius 2 is 1.90 bits per heavy atom. The summed E-state index contributed by atoms with van der Waals surface area (Å²) in [5.74, 6) is 0.974. The Morgan fingerprint density at radius 3 is 2.45 bits per heavy atom. The lowest BCUT2D eigenvalue weighted by Crippen LogP contribution is -2.12. The molecule has 0 fully saturated rings. The number of rotatable bonds is 5. The van der Waals surface area contributed by atoms with Crippen molar-refractivity contribution in [2.75, 3.05) is 24.8 Å². The minimum Gasteiger partial charge on any atom is -0.467 e. The van der Waals surface area contributed by atoms with Crippen LogP contribution in [-0.2, 0) is 0 Å². The molecule has 0 amide bonds. The lowest BCUT2D eigenvalue weighted by atomic mass is 10.1. The van der Waals surface area contributed by atoms with Crippen molar-refractivity contribution in [1.82, 2.24) is 15.0 Å². The van der Waals surface area contributed by atoms with Crippen LogP contribution in [0.1, 0.15) is 28.3 Å². The lowest BCUT2D eigenvalue weighted by Gasteiger charge is -2.14. The Bertz CT molecular complexity index is 576. The average molecular weight is 293 g/mol. The van der Waals surface area contributed by atoms with Crippen molar-refractivity contribution < 1.29 is 4.74 Å². The van der Waals surface area contributed by atoms with E-state index in [0.717, 1.165) is 0 Å². The summed E-state index contributed by atoms with van der Waals surface area (Å²) in [6.45, 7) is 6.32. The van der Waals surface area contributed by atoms with E-state index in [1.165, 1.54) is 22.4 Å². The second-order valence-corrected chi connectivity index (χ2v) is 5.91. The molecule has 1 unspecified atom stereocenters. The van der Waals surface area contributed by atoms with Gasteiger partial charge in [0.1, 0.15) is 0 Å². The molecule has 2 heterocycles. The Morgan fingerprint density at radius 1 is 1.20 bits per heavy atom. The van der Waals surface area contributed by atoms with Crippen molar-refractivity contribution in [3.05, 3.63) is 21.4 Å². The first-order chi connectivity index (χ1) is 9.53.